The van der Waals surface area contributed by atoms with E-state index in [9.17, 15) is 4.39 Å². The second kappa shape index (κ2) is 2.03. The second-order valence-electron chi connectivity index (χ2n) is 2.00. The topological polar surface area (TPSA) is 26.0 Å². The van der Waals surface area contributed by atoms with Crippen LogP contribution in [0.5, 0.6) is 0 Å². The van der Waals surface area contributed by atoms with Crippen LogP contribution in [0.4, 0.5) is 4.39 Å². The molecule has 0 aromatic rings. The van der Waals surface area contributed by atoms with E-state index >= 15 is 0 Å². The number of alkyl halides is 2. The van der Waals surface area contributed by atoms with Gasteiger partial charge in [0.05, 0.1) is 0 Å². The van der Waals surface area contributed by atoms with E-state index < -0.39 is 5.13 Å². The third-order valence-electron chi connectivity index (χ3n) is 1.13. The number of rotatable bonds is 0. The van der Waals surface area contributed by atoms with Crippen LogP contribution in [0.15, 0.2) is 23.9 Å². The molecule has 0 aromatic heterocycles. The van der Waals surface area contributed by atoms with Crippen molar-refractivity contribution in [3.05, 3.63) is 23.9 Å². The van der Waals surface area contributed by atoms with E-state index in [0.29, 0.717) is 5.70 Å². The first-order chi connectivity index (χ1) is 4.10. The first-order valence-corrected chi connectivity index (χ1v) is 3.01. The van der Waals surface area contributed by atoms with Crippen molar-refractivity contribution in [2.45, 2.75) is 11.5 Å². The summed E-state index contributed by atoms with van der Waals surface area (Å²) in [5.74, 6) is 0. The maximum atomic E-state index is 12.6. The highest BCUT2D eigenvalue weighted by Crippen LogP contribution is 2.27. The lowest BCUT2D eigenvalue weighted by Gasteiger charge is -2.13. The maximum Gasteiger partial charge on any atom is 0.205 e. The molecule has 1 unspecified atom stereocenters. The van der Waals surface area contributed by atoms with Crippen LogP contribution in [0.25, 0.3) is 0 Å². The van der Waals surface area contributed by atoms with Crippen LogP contribution < -0.4 is 5.73 Å². The standard InChI is InChI=1S/C6H7ClFN/c7-6(8)3-1-5(9)2-4-6/h1-3H,4,9H2. The first kappa shape index (κ1) is 6.62. The van der Waals surface area contributed by atoms with Gasteiger partial charge in [-0.15, -0.1) is 0 Å². The predicted molar refractivity (Wildman–Crippen MR) is 35.7 cm³/mol. The van der Waals surface area contributed by atoms with Gasteiger partial charge >= 0.3 is 0 Å². The molecule has 1 rings (SSSR count). The number of halogens is 2. The summed E-state index contributed by atoms with van der Waals surface area (Å²) in [6, 6.07) is 0. The summed E-state index contributed by atoms with van der Waals surface area (Å²) in [5.41, 5.74) is 5.88. The number of allylic oxidation sites excluding steroid dienone is 3. The van der Waals surface area contributed by atoms with Crippen LogP contribution in [0.3, 0.4) is 0 Å². The molecule has 0 saturated carbocycles. The summed E-state index contributed by atoms with van der Waals surface area (Å²) >= 11 is 5.28. The van der Waals surface area contributed by atoms with E-state index in [1.54, 1.807) is 6.08 Å². The number of hydrogen-bond donors (Lipinski definition) is 1. The highest BCUT2D eigenvalue weighted by atomic mass is 35.5. The van der Waals surface area contributed by atoms with Crippen molar-refractivity contribution < 1.29 is 4.39 Å². The molecule has 1 aliphatic carbocycles. The average molecular weight is 148 g/mol. The van der Waals surface area contributed by atoms with Gasteiger partial charge < -0.3 is 5.73 Å². The van der Waals surface area contributed by atoms with E-state index in [0.717, 1.165) is 0 Å². The summed E-state index contributed by atoms with van der Waals surface area (Å²) < 4.78 is 12.6. The fourth-order valence-corrected chi connectivity index (χ4v) is 0.748. The van der Waals surface area contributed by atoms with Gasteiger partial charge in [0.2, 0.25) is 5.13 Å². The van der Waals surface area contributed by atoms with Gasteiger partial charge in [-0.1, -0.05) is 17.7 Å². The summed E-state index contributed by atoms with van der Waals surface area (Å²) in [6.07, 6.45) is 4.45. The number of hydrogen-bond acceptors (Lipinski definition) is 1. The Morgan fingerprint density at radius 1 is 1.78 bits per heavy atom. The SMILES string of the molecule is NC1=CCC(F)(Cl)C=C1. The Kier molecular flexibility index (Phi) is 1.49. The van der Waals surface area contributed by atoms with E-state index in [1.165, 1.54) is 12.2 Å². The van der Waals surface area contributed by atoms with Crippen molar-refractivity contribution >= 4 is 11.6 Å². The third kappa shape index (κ3) is 1.72. The smallest absolute Gasteiger partial charge is 0.205 e. The molecule has 0 spiro atoms. The predicted octanol–water partition coefficient (Wildman–Crippen LogP) is 1.69. The Bertz CT molecular complexity index is 172. The van der Waals surface area contributed by atoms with Gasteiger partial charge in [-0.05, 0) is 12.2 Å². The van der Waals surface area contributed by atoms with E-state index in [-0.39, 0.29) is 6.42 Å². The van der Waals surface area contributed by atoms with Crippen molar-refractivity contribution in [1.82, 2.24) is 0 Å². The van der Waals surface area contributed by atoms with Crippen molar-refractivity contribution in [2.75, 3.05) is 0 Å². The molecule has 1 nitrogen and oxygen atoms in total. The molecule has 0 radical (unpaired) electrons. The molecular formula is C6H7ClFN. The highest BCUT2D eigenvalue weighted by Gasteiger charge is 2.22. The van der Waals surface area contributed by atoms with Crippen LogP contribution >= 0.6 is 11.6 Å². The van der Waals surface area contributed by atoms with Crippen LogP contribution in [0.1, 0.15) is 6.42 Å². The van der Waals surface area contributed by atoms with Gasteiger partial charge in [0.15, 0.2) is 0 Å². The molecule has 0 amide bonds. The van der Waals surface area contributed by atoms with Crippen LogP contribution in [-0.2, 0) is 0 Å². The fourth-order valence-electron chi connectivity index (χ4n) is 0.608. The first-order valence-electron chi connectivity index (χ1n) is 2.63. The molecule has 2 N–H and O–H groups in total. The Balaban J connectivity index is 2.70. The van der Waals surface area contributed by atoms with Crippen molar-refractivity contribution in [1.29, 1.82) is 0 Å². The minimum absolute atomic E-state index is 0.164. The lowest BCUT2D eigenvalue weighted by molar-refractivity contribution is 0.346. The Morgan fingerprint density at radius 2 is 2.44 bits per heavy atom. The Labute approximate surface area is 58.0 Å². The molecule has 0 saturated heterocycles. The van der Waals surface area contributed by atoms with Gasteiger partial charge in [-0.2, -0.15) is 0 Å². The molecule has 50 valence electrons. The van der Waals surface area contributed by atoms with Crippen LogP contribution in [0, 0.1) is 0 Å². The van der Waals surface area contributed by atoms with Gasteiger partial charge in [0, 0.05) is 12.1 Å². The summed E-state index contributed by atoms with van der Waals surface area (Å²) in [5, 5.41) is -1.71. The Morgan fingerprint density at radius 3 is 2.78 bits per heavy atom. The fraction of sp³-hybridized carbons (Fsp3) is 0.333. The lowest BCUT2D eigenvalue weighted by Crippen LogP contribution is -2.13. The molecular weight excluding hydrogens is 141 g/mol. The molecule has 9 heavy (non-hydrogen) atoms. The zero-order chi connectivity index (χ0) is 6.91. The molecule has 0 fully saturated rings. The lowest BCUT2D eigenvalue weighted by atomic mass is 10.1. The molecule has 0 aromatic carbocycles. The van der Waals surface area contributed by atoms with Crippen molar-refractivity contribution in [3.8, 4) is 0 Å². The van der Waals surface area contributed by atoms with Gasteiger partial charge in [0.25, 0.3) is 0 Å². The average Bonchev–Trinajstić information content (AvgIpc) is 1.78. The van der Waals surface area contributed by atoms with Gasteiger partial charge in [-0.25, -0.2) is 4.39 Å². The second-order valence-corrected chi connectivity index (χ2v) is 2.63. The molecule has 1 atom stereocenters. The summed E-state index contributed by atoms with van der Waals surface area (Å²) in [7, 11) is 0. The van der Waals surface area contributed by atoms with Crippen molar-refractivity contribution in [3.63, 3.8) is 0 Å². The molecule has 1 aliphatic rings. The van der Waals surface area contributed by atoms with Gasteiger partial charge in [-0.3, -0.25) is 0 Å². The summed E-state index contributed by atoms with van der Waals surface area (Å²) in [4.78, 5) is 0. The van der Waals surface area contributed by atoms with Crippen LogP contribution in [0.2, 0.25) is 0 Å². The summed E-state index contributed by atoms with van der Waals surface area (Å²) in [6.45, 7) is 0. The number of nitrogens with two attached hydrogens (primary N) is 1. The zero-order valence-corrected chi connectivity index (χ0v) is 5.53. The largest absolute Gasteiger partial charge is 0.399 e. The molecule has 0 aliphatic heterocycles. The van der Waals surface area contributed by atoms with Gasteiger partial charge in [0.1, 0.15) is 0 Å². The zero-order valence-electron chi connectivity index (χ0n) is 4.77. The monoisotopic (exact) mass is 147 g/mol. The molecule has 0 heterocycles. The molecule has 3 heteroatoms. The van der Waals surface area contributed by atoms with E-state index in [4.69, 9.17) is 17.3 Å². The normalized spacial score (nSPS) is 34.2. The quantitative estimate of drug-likeness (QED) is 0.519. The third-order valence-corrected chi connectivity index (χ3v) is 1.41. The van der Waals surface area contributed by atoms with E-state index in [1.807, 2.05) is 0 Å². The minimum Gasteiger partial charge on any atom is -0.399 e. The van der Waals surface area contributed by atoms with Crippen molar-refractivity contribution in [2.24, 2.45) is 5.73 Å². The van der Waals surface area contributed by atoms with E-state index in [2.05, 4.69) is 0 Å². The highest BCUT2D eigenvalue weighted by molar-refractivity contribution is 6.24. The maximum absolute atomic E-state index is 12.6. The van der Waals surface area contributed by atoms with Crippen LogP contribution in [-0.4, -0.2) is 5.13 Å². The minimum atomic E-state index is -1.71. The Hall–Kier alpha value is -0.500. The molecule has 0 bridgehead atoms.